The predicted octanol–water partition coefficient (Wildman–Crippen LogP) is 0.327. The minimum atomic E-state index is -0.466. The van der Waals surface area contributed by atoms with Crippen molar-refractivity contribution >= 4 is 5.97 Å². The fourth-order valence-corrected chi connectivity index (χ4v) is 3.31. The van der Waals surface area contributed by atoms with Gasteiger partial charge < -0.3 is 0 Å². The van der Waals surface area contributed by atoms with Crippen LogP contribution in [0, 0.1) is 5.92 Å². The van der Waals surface area contributed by atoms with Gasteiger partial charge >= 0.3 is 151 Å². The molecule has 0 aliphatic carbocycles. The Kier molecular flexibility index (Phi) is 7.32. The molecule has 23 heavy (non-hydrogen) atoms. The first-order valence-corrected chi connectivity index (χ1v) is 10.6. The van der Waals surface area contributed by atoms with Crippen molar-refractivity contribution in [3.05, 3.63) is 29.8 Å². The van der Waals surface area contributed by atoms with Gasteiger partial charge in [-0.3, -0.25) is 0 Å². The summed E-state index contributed by atoms with van der Waals surface area (Å²) in [5.74, 6) is 0.514. The van der Waals surface area contributed by atoms with Crippen molar-refractivity contribution in [2.45, 2.75) is 59.2 Å². The van der Waals surface area contributed by atoms with Crippen LogP contribution in [0.15, 0.2) is 24.3 Å². The van der Waals surface area contributed by atoms with E-state index in [9.17, 15) is 4.79 Å². The molecule has 2 N–H and O–H groups in total. The number of halogens is 1. The fourth-order valence-electron chi connectivity index (χ4n) is 2.03. The standard InChI is InChI=1S/C18H29INO3/c1-17(2,3)22-15-9-7-13(8-10-15)11-14(12-19-20)16(21)23-18(4,5)6/h7-10,14H,11-12,20H2,1-6H3/q-1/t14-/m0/s1. The van der Waals surface area contributed by atoms with Crippen LogP contribution in [-0.2, 0) is 16.0 Å². The van der Waals surface area contributed by atoms with Gasteiger partial charge in [0.05, 0.1) is 0 Å². The number of alkyl halides is 1. The number of rotatable bonds is 6. The molecule has 1 aromatic rings. The van der Waals surface area contributed by atoms with Crippen LogP contribution in [0.3, 0.4) is 0 Å². The van der Waals surface area contributed by atoms with Gasteiger partial charge in [-0.05, 0) is 0 Å². The summed E-state index contributed by atoms with van der Waals surface area (Å²) in [6.07, 6.45) is 0.654. The van der Waals surface area contributed by atoms with Crippen molar-refractivity contribution in [2.75, 3.05) is 4.43 Å². The van der Waals surface area contributed by atoms with Gasteiger partial charge in [-0.1, -0.05) is 0 Å². The molecule has 1 atom stereocenters. The number of benzene rings is 1. The van der Waals surface area contributed by atoms with E-state index in [1.807, 2.05) is 65.8 Å². The van der Waals surface area contributed by atoms with Gasteiger partial charge in [0.25, 0.3) is 0 Å². The van der Waals surface area contributed by atoms with Gasteiger partial charge in [-0.15, -0.1) is 0 Å². The average Bonchev–Trinajstić information content (AvgIpc) is 2.36. The molecule has 0 fully saturated rings. The van der Waals surface area contributed by atoms with E-state index in [1.54, 1.807) is 0 Å². The predicted molar refractivity (Wildman–Crippen MR) is 88.9 cm³/mol. The molecule has 0 heterocycles. The molecule has 132 valence electrons. The normalized spacial score (nSPS) is 13.7. The molecular weight excluding hydrogens is 405 g/mol. The first kappa shape index (κ1) is 20.2. The van der Waals surface area contributed by atoms with Crippen LogP contribution in [0.5, 0.6) is 5.75 Å². The van der Waals surface area contributed by atoms with Gasteiger partial charge in [-0.2, -0.15) is 0 Å². The van der Waals surface area contributed by atoms with Crippen LogP contribution >= 0.6 is 0 Å². The first-order valence-electron chi connectivity index (χ1n) is 7.79. The van der Waals surface area contributed by atoms with E-state index >= 15 is 0 Å². The van der Waals surface area contributed by atoms with Crippen molar-refractivity contribution in [1.29, 1.82) is 0 Å². The van der Waals surface area contributed by atoms with Gasteiger partial charge in [0, 0.05) is 0 Å². The Morgan fingerprint density at radius 1 is 1.09 bits per heavy atom. The zero-order valence-electron chi connectivity index (χ0n) is 15.0. The molecule has 0 saturated heterocycles. The third-order valence-corrected chi connectivity index (χ3v) is 4.42. The van der Waals surface area contributed by atoms with Gasteiger partial charge in [0.15, 0.2) is 0 Å². The van der Waals surface area contributed by atoms with Gasteiger partial charge in [0.1, 0.15) is 0 Å². The van der Waals surface area contributed by atoms with E-state index in [0.717, 1.165) is 15.7 Å². The number of carbonyl (C=O) groups excluding carboxylic acids is 1. The molecule has 0 aliphatic heterocycles. The van der Waals surface area contributed by atoms with E-state index in [2.05, 4.69) is 0 Å². The third-order valence-electron chi connectivity index (χ3n) is 2.84. The maximum atomic E-state index is 12.3. The summed E-state index contributed by atoms with van der Waals surface area (Å²) in [7, 11) is 0. The van der Waals surface area contributed by atoms with E-state index in [0.29, 0.717) is 6.42 Å². The zero-order chi connectivity index (χ0) is 17.7. The van der Waals surface area contributed by atoms with Crippen molar-refractivity contribution in [1.82, 2.24) is 0 Å². The molecule has 5 heteroatoms. The summed E-state index contributed by atoms with van der Waals surface area (Å²) in [6.45, 7) is 11.7. The number of ether oxygens (including phenoxy) is 2. The quantitative estimate of drug-likeness (QED) is 0.304. The van der Waals surface area contributed by atoms with Crippen LogP contribution < -0.4 is 30.2 Å². The summed E-state index contributed by atoms with van der Waals surface area (Å²) in [4.78, 5) is 12.3. The second kappa shape index (κ2) is 8.33. The first-order chi connectivity index (χ1) is 10.5. The molecule has 0 spiro atoms. The van der Waals surface area contributed by atoms with Gasteiger partial charge in [-0.25, -0.2) is 0 Å². The molecule has 0 aliphatic rings. The van der Waals surface area contributed by atoms with Crippen LogP contribution in [0.4, 0.5) is 0 Å². The Labute approximate surface area is 150 Å². The number of hydrogen-bond donors (Lipinski definition) is 1. The fraction of sp³-hybridized carbons (Fsp3) is 0.611. The minimum absolute atomic E-state index is 0.155. The van der Waals surface area contributed by atoms with E-state index < -0.39 is 27.1 Å². The molecule has 0 unspecified atom stereocenters. The number of carbonyl (C=O) groups is 1. The van der Waals surface area contributed by atoms with E-state index in [4.69, 9.17) is 13.4 Å². The second-order valence-corrected chi connectivity index (χ2v) is 9.36. The van der Waals surface area contributed by atoms with Crippen LogP contribution in [0.2, 0.25) is 0 Å². The monoisotopic (exact) mass is 434 g/mol. The van der Waals surface area contributed by atoms with E-state index in [-0.39, 0.29) is 17.5 Å². The third kappa shape index (κ3) is 8.55. The van der Waals surface area contributed by atoms with Crippen LogP contribution in [-0.4, -0.2) is 21.6 Å². The summed E-state index contributed by atoms with van der Waals surface area (Å²) in [6, 6.07) is 7.91. The SMILES string of the molecule is CC(C)(C)OC(=O)[C@H](C[I-]N)Cc1ccc(OC(C)(C)C)cc1. The molecule has 0 bridgehead atoms. The maximum absolute atomic E-state index is 12.3. The molecule has 0 amide bonds. The Morgan fingerprint density at radius 2 is 1.65 bits per heavy atom. The Bertz CT molecular complexity index is 500. The van der Waals surface area contributed by atoms with Crippen molar-refractivity contribution in [3.8, 4) is 5.75 Å². The molecule has 1 rings (SSSR count). The van der Waals surface area contributed by atoms with E-state index in [1.165, 1.54) is 0 Å². The molecule has 0 aromatic heterocycles. The Balaban J connectivity index is 2.75. The summed E-state index contributed by atoms with van der Waals surface area (Å²) < 4.78 is 17.8. The molecule has 1 aromatic carbocycles. The molecular formula is C18H29INO3-. The average molecular weight is 434 g/mol. The Morgan fingerprint density at radius 3 is 2.09 bits per heavy atom. The summed E-state index contributed by atoms with van der Waals surface area (Å²) in [5.41, 5.74) is 0.414. The number of esters is 1. The molecule has 4 nitrogen and oxygen atoms in total. The van der Waals surface area contributed by atoms with Gasteiger partial charge in [0.2, 0.25) is 0 Å². The molecule has 0 radical (unpaired) electrons. The summed E-state index contributed by atoms with van der Waals surface area (Å²) >= 11 is -0.458. The van der Waals surface area contributed by atoms with Crippen LogP contribution in [0.1, 0.15) is 47.1 Å². The number of nitrogens with two attached hydrogens (primary N) is 1. The second-order valence-electron chi connectivity index (χ2n) is 7.60. The molecule has 0 saturated carbocycles. The number of hydrogen-bond acceptors (Lipinski definition) is 4. The topological polar surface area (TPSA) is 61.5 Å². The van der Waals surface area contributed by atoms with Crippen molar-refractivity contribution in [3.63, 3.8) is 0 Å². The van der Waals surface area contributed by atoms with Crippen molar-refractivity contribution in [2.24, 2.45) is 9.86 Å². The summed E-state index contributed by atoms with van der Waals surface area (Å²) in [5, 5.41) is 0. The van der Waals surface area contributed by atoms with Crippen LogP contribution in [0.25, 0.3) is 0 Å². The Hall–Kier alpha value is -0.820. The van der Waals surface area contributed by atoms with Crippen molar-refractivity contribution < 1.29 is 35.7 Å². The zero-order valence-corrected chi connectivity index (χ0v) is 17.1.